The van der Waals surface area contributed by atoms with E-state index in [1.807, 2.05) is 30.0 Å². The Hall–Kier alpha value is -1.79. The first-order valence-corrected chi connectivity index (χ1v) is 8.30. The molecule has 23 heavy (non-hydrogen) atoms. The summed E-state index contributed by atoms with van der Waals surface area (Å²) in [5, 5.41) is 9.97. The zero-order chi connectivity index (χ0) is 16.2. The lowest BCUT2D eigenvalue weighted by Crippen LogP contribution is -2.56. The van der Waals surface area contributed by atoms with Crippen LogP contribution in [-0.2, 0) is 9.53 Å². The Morgan fingerprint density at radius 1 is 1.09 bits per heavy atom. The summed E-state index contributed by atoms with van der Waals surface area (Å²) >= 11 is 0. The molecule has 126 valence electrons. The molecule has 0 bridgehead atoms. The van der Waals surface area contributed by atoms with Crippen molar-refractivity contribution in [3.8, 4) is 5.75 Å². The minimum atomic E-state index is -0.0976. The second-order valence-electron chi connectivity index (χ2n) is 6.13. The molecule has 6 heteroatoms. The maximum absolute atomic E-state index is 12.6. The predicted octanol–water partition coefficient (Wildman–Crippen LogP) is 0.761. The molecular weight excluding hydrogens is 294 g/mol. The molecule has 0 spiro atoms. The van der Waals surface area contributed by atoms with Gasteiger partial charge in [0.1, 0.15) is 5.75 Å². The van der Waals surface area contributed by atoms with Gasteiger partial charge < -0.3 is 19.6 Å². The van der Waals surface area contributed by atoms with E-state index in [0.29, 0.717) is 32.1 Å². The molecular formula is C17H25N3O3. The molecule has 1 aromatic rings. The standard InChI is InChI=1S/C17H25N3O3/c1-14(17(22)20-10-12-23-13-11-20)18-6-8-19(9-7-18)15-4-2-3-5-16(15)21/h2-5,14,21H,6-13H2,1H3. The number of carbonyl (C=O) groups is 1. The summed E-state index contributed by atoms with van der Waals surface area (Å²) in [4.78, 5) is 18.9. The molecule has 3 rings (SSSR count). The van der Waals surface area contributed by atoms with Crippen molar-refractivity contribution in [2.45, 2.75) is 13.0 Å². The van der Waals surface area contributed by atoms with Gasteiger partial charge in [-0.1, -0.05) is 12.1 Å². The van der Waals surface area contributed by atoms with Gasteiger partial charge in [0.2, 0.25) is 5.91 Å². The number of para-hydroxylation sites is 2. The molecule has 2 fully saturated rings. The van der Waals surface area contributed by atoms with E-state index < -0.39 is 0 Å². The van der Waals surface area contributed by atoms with Crippen molar-refractivity contribution in [2.24, 2.45) is 0 Å². The number of carbonyl (C=O) groups excluding carboxylic acids is 1. The first-order chi connectivity index (χ1) is 11.2. The molecule has 0 saturated carbocycles. The maximum atomic E-state index is 12.6. The number of hydrogen-bond donors (Lipinski definition) is 1. The first kappa shape index (κ1) is 16.1. The van der Waals surface area contributed by atoms with Gasteiger partial charge in [0.05, 0.1) is 24.9 Å². The lowest BCUT2D eigenvalue weighted by Gasteiger charge is -2.40. The van der Waals surface area contributed by atoms with Gasteiger partial charge in [-0.2, -0.15) is 0 Å². The van der Waals surface area contributed by atoms with Crippen LogP contribution in [-0.4, -0.2) is 79.3 Å². The van der Waals surface area contributed by atoms with Crippen LogP contribution in [0.2, 0.25) is 0 Å². The first-order valence-electron chi connectivity index (χ1n) is 8.30. The number of anilines is 1. The van der Waals surface area contributed by atoms with Gasteiger partial charge in [-0.25, -0.2) is 0 Å². The number of morpholine rings is 1. The molecule has 6 nitrogen and oxygen atoms in total. The van der Waals surface area contributed by atoms with Crippen LogP contribution in [0, 0.1) is 0 Å². The number of phenolic OH excluding ortho intramolecular Hbond substituents is 1. The molecule has 1 amide bonds. The zero-order valence-corrected chi connectivity index (χ0v) is 13.6. The number of nitrogens with zero attached hydrogens (tertiary/aromatic N) is 3. The van der Waals surface area contributed by atoms with Crippen LogP contribution in [0.1, 0.15) is 6.92 Å². The van der Waals surface area contributed by atoms with E-state index in [9.17, 15) is 9.90 Å². The summed E-state index contributed by atoms with van der Waals surface area (Å²) in [7, 11) is 0. The smallest absolute Gasteiger partial charge is 0.239 e. The summed E-state index contributed by atoms with van der Waals surface area (Å²) in [6, 6.07) is 7.32. The number of hydrogen-bond acceptors (Lipinski definition) is 5. The average molecular weight is 319 g/mol. The van der Waals surface area contributed by atoms with E-state index >= 15 is 0 Å². The highest BCUT2D eigenvalue weighted by Crippen LogP contribution is 2.27. The second-order valence-corrected chi connectivity index (χ2v) is 6.13. The third-order valence-corrected chi connectivity index (χ3v) is 4.76. The second kappa shape index (κ2) is 7.19. The fourth-order valence-corrected chi connectivity index (χ4v) is 3.29. The molecule has 1 unspecified atom stereocenters. The number of phenols is 1. The Morgan fingerprint density at radius 3 is 2.39 bits per heavy atom. The van der Waals surface area contributed by atoms with E-state index in [-0.39, 0.29) is 11.9 Å². The van der Waals surface area contributed by atoms with Crippen molar-refractivity contribution in [1.82, 2.24) is 9.80 Å². The predicted molar refractivity (Wildman–Crippen MR) is 88.8 cm³/mol. The summed E-state index contributed by atoms with van der Waals surface area (Å²) in [6.45, 7) is 7.95. The van der Waals surface area contributed by atoms with Crippen molar-refractivity contribution in [2.75, 3.05) is 57.4 Å². The molecule has 2 aliphatic rings. The van der Waals surface area contributed by atoms with Gasteiger partial charge in [-0.05, 0) is 19.1 Å². The van der Waals surface area contributed by atoms with Crippen molar-refractivity contribution >= 4 is 11.6 Å². The van der Waals surface area contributed by atoms with Crippen molar-refractivity contribution in [1.29, 1.82) is 0 Å². The van der Waals surface area contributed by atoms with Gasteiger partial charge in [-0.15, -0.1) is 0 Å². The van der Waals surface area contributed by atoms with Crippen LogP contribution in [0.15, 0.2) is 24.3 Å². The lowest BCUT2D eigenvalue weighted by molar-refractivity contribution is -0.140. The highest BCUT2D eigenvalue weighted by molar-refractivity contribution is 5.81. The quantitative estimate of drug-likeness (QED) is 0.891. The molecule has 0 radical (unpaired) electrons. The number of ether oxygens (including phenoxy) is 1. The van der Waals surface area contributed by atoms with Crippen molar-refractivity contribution < 1.29 is 14.6 Å². The largest absolute Gasteiger partial charge is 0.506 e. The minimum Gasteiger partial charge on any atom is -0.506 e. The SMILES string of the molecule is CC(C(=O)N1CCOCC1)N1CCN(c2ccccc2O)CC1. The van der Waals surface area contributed by atoms with Crippen LogP contribution in [0.3, 0.4) is 0 Å². The number of benzene rings is 1. The third-order valence-electron chi connectivity index (χ3n) is 4.76. The fraction of sp³-hybridized carbons (Fsp3) is 0.588. The van der Waals surface area contributed by atoms with Crippen molar-refractivity contribution in [3.05, 3.63) is 24.3 Å². The van der Waals surface area contributed by atoms with E-state index in [4.69, 9.17) is 4.74 Å². The van der Waals surface area contributed by atoms with E-state index in [1.54, 1.807) is 6.07 Å². The highest BCUT2D eigenvalue weighted by Gasteiger charge is 2.29. The Bertz CT molecular complexity index is 538. The molecule has 1 aromatic carbocycles. The Labute approximate surface area is 137 Å². The van der Waals surface area contributed by atoms with Gasteiger partial charge in [0.15, 0.2) is 0 Å². The topological polar surface area (TPSA) is 56.2 Å². The van der Waals surface area contributed by atoms with Crippen LogP contribution in [0.4, 0.5) is 5.69 Å². The number of amides is 1. The number of aromatic hydroxyl groups is 1. The van der Waals surface area contributed by atoms with Crippen molar-refractivity contribution in [3.63, 3.8) is 0 Å². The summed E-state index contributed by atoms with van der Waals surface area (Å²) < 4.78 is 5.31. The van der Waals surface area contributed by atoms with Gasteiger partial charge in [-0.3, -0.25) is 9.69 Å². The monoisotopic (exact) mass is 319 g/mol. The molecule has 1 atom stereocenters. The summed E-state index contributed by atoms with van der Waals surface area (Å²) in [5.74, 6) is 0.516. The fourth-order valence-electron chi connectivity index (χ4n) is 3.29. The maximum Gasteiger partial charge on any atom is 0.239 e. The van der Waals surface area contributed by atoms with Crippen LogP contribution >= 0.6 is 0 Å². The Morgan fingerprint density at radius 2 is 1.74 bits per heavy atom. The number of rotatable bonds is 3. The van der Waals surface area contributed by atoms with E-state index in [1.165, 1.54) is 0 Å². The average Bonchev–Trinajstić information content (AvgIpc) is 2.62. The summed E-state index contributed by atoms with van der Waals surface area (Å²) in [5.41, 5.74) is 0.874. The normalized spacial score (nSPS) is 21.3. The Balaban J connectivity index is 1.56. The summed E-state index contributed by atoms with van der Waals surface area (Å²) in [6.07, 6.45) is 0. The van der Waals surface area contributed by atoms with Crippen LogP contribution in [0.25, 0.3) is 0 Å². The zero-order valence-electron chi connectivity index (χ0n) is 13.6. The van der Waals surface area contributed by atoms with Gasteiger partial charge in [0.25, 0.3) is 0 Å². The molecule has 2 saturated heterocycles. The van der Waals surface area contributed by atoms with Crippen LogP contribution < -0.4 is 4.90 Å². The molecule has 0 aliphatic carbocycles. The number of piperazine rings is 1. The lowest BCUT2D eigenvalue weighted by atomic mass is 10.1. The molecule has 0 aromatic heterocycles. The molecule has 2 aliphatic heterocycles. The van der Waals surface area contributed by atoms with Gasteiger partial charge in [0, 0.05) is 39.3 Å². The van der Waals surface area contributed by atoms with Crippen LogP contribution in [0.5, 0.6) is 5.75 Å². The van der Waals surface area contributed by atoms with Gasteiger partial charge >= 0.3 is 0 Å². The van der Waals surface area contributed by atoms with E-state index in [0.717, 1.165) is 31.9 Å². The highest BCUT2D eigenvalue weighted by atomic mass is 16.5. The molecule has 1 N–H and O–H groups in total. The molecule has 2 heterocycles. The third kappa shape index (κ3) is 3.59. The van der Waals surface area contributed by atoms with E-state index in [2.05, 4.69) is 9.80 Å². The Kier molecular flexibility index (Phi) is 5.03. The minimum absolute atomic E-state index is 0.0976.